The van der Waals surface area contributed by atoms with Crippen LogP contribution in [0.4, 0.5) is 0 Å². The highest BCUT2D eigenvalue weighted by molar-refractivity contribution is 6.36. The molecule has 1 heterocycles. The second kappa shape index (κ2) is 9.11. The van der Waals surface area contributed by atoms with E-state index in [0.717, 1.165) is 22.9 Å². The van der Waals surface area contributed by atoms with Crippen molar-refractivity contribution in [3.8, 4) is 0 Å². The number of aromatic nitrogens is 1. The molecule has 0 saturated carbocycles. The number of fused-ring (bicyclic) bond motifs is 1. The summed E-state index contributed by atoms with van der Waals surface area (Å²) in [4.78, 5) is 39.5. The fraction of sp³-hybridized carbons (Fsp3) is 0.190. The van der Waals surface area contributed by atoms with Crippen molar-refractivity contribution in [1.82, 2.24) is 10.3 Å². The van der Waals surface area contributed by atoms with Crippen LogP contribution in [-0.4, -0.2) is 35.8 Å². The molecule has 0 atom stereocenters. The summed E-state index contributed by atoms with van der Waals surface area (Å²) in [5, 5.41) is 3.76. The molecule has 0 aliphatic heterocycles. The number of para-hydroxylation sites is 1. The Morgan fingerprint density at radius 3 is 2.62 bits per heavy atom. The van der Waals surface area contributed by atoms with E-state index in [0.29, 0.717) is 10.6 Å². The van der Waals surface area contributed by atoms with Crippen LogP contribution >= 0.6 is 23.2 Å². The molecule has 0 saturated heterocycles. The van der Waals surface area contributed by atoms with Crippen molar-refractivity contribution >= 4 is 51.8 Å². The van der Waals surface area contributed by atoms with Crippen LogP contribution in [0.5, 0.6) is 0 Å². The van der Waals surface area contributed by atoms with E-state index in [1.807, 2.05) is 25.1 Å². The molecule has 2 N–H and O–H groups in total. The van der Waals surface area contributed by atoms with Crippen LogP contribution in [0.3, 0.4) is 0 Å². The Morgan fingerprint density at radius 2 is 1.90 bits per heavy atom. The highest BCUT2D eigenvalue weighted by Crippen LogP contribution is 2.23. The first kappa shape index (κ1) is 20.9. The lowest BCUT2D eigenvalue weighted by Gasteiger charge is -2.07. The highest BCUT2D eigenvalue weighted by Gasteiger charge is 2.17. The van der Waals surface area contributed by atoms with Crippen LogP contribution in [0.2, 0.25) is 10.0 Å². The number of benzene rings is 2. The molecule has 0 spiro atoms. The normalized spacial score (nSPS) is 10.7. The summed E-state index contributed by atoms with van der Waals surface area (Å²) in [6.45, 7) is 1.23. The maximum atomic E-state index is 12.4. The quantitative estimate of drug-likeness (QED) is 0.432. The molecule has 3 rings (SSSR count). The average molecular weight is 433 g/mol. The SMILES string of the molecule is CCc1cccc2c(C(=O)COC(=O)CNC(=O)c3ccc(Cl)cc3Cl)c[nH]c12. The molecule has 8 heteroatoms. The lowest BCUT2D eigenvalue weighted by atomic mass is 10.1. The van der Waals surface area contributed by atoms with Crippen molar-refractivity contribution in [2.75, 3.05) is 13.2 Å². The van der Waals surface area contributed by atoms with Gasteiger partial charge in [0.25, 0.3) is 5.91 Å². The van der Waals surface area contributed by atoms with Crippen molar-refractivity contribution in [2.24, 2.45) is 0 Å². The third-order valence-electron chi connectivity index (χ3n) is 4.42. The summed E-state index contributed by atoms with van der Waals surface area (Å²) in [6.07, 6.45) is 2.45. The van der Waals surface area contributed by atoms with Gasteiger partial charge in [0.2, 0.25) is 5.78 Å². The van der Waals surface area contributed by atoms with Gasteiger partial charge >= 0.3 is 5.97 Å². The molecule has 0 unspecified atom stereocenters. The number of nitrogens with one attached hydrogen (secondary N) is 2. The van der Waals surface area contributed by atoms with Crippen molar-refractivity contribution in [3.63, 3.8) is 0 Å². The predicted molar refractivity (Wildman–Crippen MR) is 112 cm³/mol. The first-order chi connectivity index (χ1) is 13.9. The largest absolute Gasteiger partial charge is 0.456 e. The predicted octanol–water partition coefficient (Wildman–Crippen LogP) is 4.19. The molecule has 0 aliphatic rings. The average Bonchev–Trinajstić information content (AvgIpc) is 3.14. The number of carbonyl (C=O) groups excluding carboxylic acids is 3. The van der Waals surface area contributed by atoms with Gasteiger partial charge in [-0.15, -0.1) is 0 Å². The van der Waals surface area contributed by atoms with Crippen LogP contribution in [0.1, 0.15) is 33.2 Å². The van der Waals surface area contributed by atoms with Crippen LogP contribution < -0.4 is 5.32 Å². The number of amides is 1. The Kier molecular flexibility index (Phi) is 6.56. The molecule has 0 aliphatic carbocycles. The van der Waals surface area contributed by atoms with Crippen LogP contribution in [0.25, 0.3) is 10.9 Å². The zero-order chi connectivity index (χ0) is 21.0. The number of ether oxygens (including phenoxy) is 1. The smallest absolute Gasteiger partial charge is 0.325 e. The van der Waals surface area contributed by atoms with Gasteiger partial charge in [-0.3, -0.25) is 14.4 Å². The minimum Gasteiger partial charge on any atom is -0.456 e. The standard InChI is InChI=1S/C21H18Cl2N2O4/c1-2-12-4-3-5-14-16(9-24-20(12)14)18(26)11-29-19(27)10-25-21(28)15-7-6-13(22)8-17(15)23/h3-9,24H,2,10-11H2,1H3,(H,25,28). The van der Waals surface area contributed by atoms with Gasteiger partial charge in [0.05, 0.1) is 10.6 Å². The second-order valence-electron chi connectivity index (χ2n) is 6.29. The monoisotopic (exact) mass is 432 g/mol. The third kappa shape index (κ3) is 4.78. The number of rotatable bonds is 7. The van der Waals surface area contributed by atoms with Gasteiger partial charge in [-0.2, -0.15) is 0 Å². The van der Waals surface area contributed by atoms with Crippen LogP contribution in [0, 0.1) is 0 Å². The Morgan fingerprint density at radius 1 is 1.10 bits per heavy atom. The molecular weight excluding hydrogens is 415 g/mol. The molecular formula is C21H18Cl2N2O4. The van der Waals surface area contributed by atoms with E-state index in [4.69, 9.17) is 27.9 Å². The zero-order valence-corrected chi connectivity index (χ0v) is 17.1. The van der Waals surface area contributed by atoms with Gasteiger partial charge in [0, 0.05) is 27.7 Å². The van der Waals surface area contributed by atoms with Crippen molar-refractivity contribution in [1.29, 1.82) is 0 Å². The zero-order valence-electron chi connectivity index (χ0n) is 15.6. The maximum absolute atomic E-state index is 12.4. The first-order valence-electron chi connectivity index (χ1n) is 8.91. The maximum Gasteiger partial charge on any atom is 0.325 e. The van der Waals surface area contributed by atoms with E-state index in [-0.39, 0.29) is 22.9 Å². The van der Waals surface area contributed by atoms with Crippen molar-refractivity contribution < 1.29 is 19.1 Å². The van der Waals surface area contributed by atoms with Gasteiger partial charge in [0.1, 0.15) is 6.54 Å². The number of hydrogen-bond acceptors (Lipinski definition) is 4. The van der Waals surface area contributed by atoms with Gasteiger partial charge in [-0.25, -0.2) is 0 Å². The second-order valence-corrected chi connectivity index (χ2v) is 7.13. The Balaban J connectivity index is 1.55. The highest BCUT2D eigenvalue weighted by atomic mass is 35.5. The van der Waals surface area contributed by atoms with E-state index >= 15 is 0 Å². The van der Waals surface area contributed by atoms with E-state index in [9.17, 15) is 14.4 Å². The summed E-state index contributed by atoms with van der Waals surface area (Å²) in [5.41, 5.74) is 2.64. The number of esters is 1. The third-order valence-corrected chi connectivity index (χ3v) is 4.96. The van der Waals surface area contributed by atoms with Crippen LogP contribution in [0.15, 0.2) is 42.6 Å². The van der Waals surface area contributed by atoms with Gasteiger partial charge in [-0.05, 0) is 30.2 Å². The minimum absolute atomic E-state index is 0.171. The number of aromatic amines is 1. The summed E-state index contributed by atoms with van der Waals surface area (Å²) in [7, 11) is 0. The van der Waals surface area contributed by atoms with E-state index in [2.05, 4.69) is 10.3 Å². The number of aryl methyl sites for hydroxylation is 1. The fourth-order valence-electron chi connectivity index (χ4n) is 2.94. The molecule has 0 fully saturated rings. The van der Waals surface area contributed by atoms with E-state index in [1.54, 1.807) is 6.20 Å². The molecule has 6 nitrogen and oxygen atoms in total. The number of hydrogen-bond donors (Lipinski definition) is 2. The molecule has 1 amide bonds. The molecule has 0 radical (unpaired) electrons. The summed E-state index contributed by atoms with van der Waals surface area (Å²) in [6, 6.07) is 10.1. The van der Waals surface area contributed by atoms with Crippen molar-refractivity contribution in [2.45, 2.75) is 13.3 Å². The number of Topliss-reactive ketones (excluding diaryl/α,β-unsaturated/α-hetero) is 1. The summed E-state index contributed by atoms with van der Waals surface area (Å²) < 4.78 is 5.00. The molecule has 29 heavy (non-hydrogen) atoms. The fourth-order valence-corrected chi connectivity index (χ4v) is 3.43. The Labute approximate surface area is 177 Å². The number of H-pyrrole nitrogens is 1. The lowest BCUT2D eigenvalue weighted by Crippen LogP contribution is -2.31. The molecule has 1 aromatic heterocycles. The van der Waals surface area contributed by atoms with E-state index < -0.39 is 18.5 Å². The Bertz CT molecular complexity index is 1090. The van der Waals surface area contributed by atoms with Gasteiger partial charge < -0.3 is 15.0 Å². The number of halogens is 2. The first-order valence-corrected chi connectivity index (χ1v) is 9.67. The Hall–Kier alpha value is -2.83. The molecule has 2 aromatic carbocycles. The molecule has 3 aromatic rings. The number of ketones is 1. The van der Waals surface area contributed by atoms with E-state index in [1.165, 1.54) is 18.2 Å². The molecule has 0 bridgehead atoms. The van der Waals surface area contributed by atoms with Gasteiger partial charge in [-0.1, -0.05) is 48.3 Å². The minimum atomic E-state index is -0.731. The van der Waals surface area contributed by atoms with Crippen molar-refractivity contribution in [3.05, 3.63) is 69.3 Å². The lowest BCUT2D eigenvalue weighted by molar-refractivity contribution is -0.141. The summed E-state index contributed by atoms with van der Waals surface area (Å²) >= 11 is 11.8. The topological polar surface area (TPSA) is 88.3 Å². The number of carbonyl (C=O) groups is 3. The summed E-state index contributed by atoms with van der Waals surface area (Å²) in [5.74, 6) is -1.60. The molecule has 150 valence electrons. The van der Waals surface area contributed by atoms with Crippen LogP contribution in [-0.2, 0) is 16.0 Å². The van der Waals surface area contributed by atoms with Gasteiger partial charge in [0.15, 0.2) is 6.61 Å².